The van der Waals surface area contributed by atoms with Crippen LogP contribution in [0.4, 0.5) is 5.69 Å². The first-order valence-electron chi connectivity index (χ1n) is 9.68. The molecule has 6 nitrogen and oxygen atoms in total. The highest BCUT2D eigenvalue weighted by molar-refractivity contribution is 14.0. The van der Waals surface area contributed by atoms with Crippen molar-refractivity contribution in [2.75, 3.05) is 38.2 Å². The predicted octanol–water partition coefficient (Wildman–Crippen LogP) is 4.09. The van der Waals surface area contributed by atoms with Gasteiger partial charge >= 0.3 is 0 Å². The van der Waals surface area contributed by atoms with Gasteiger partial charge in [0.2, 0.25) is 0 Å². The van der Waals surface area contributed by atoms with Gasteiger partial charge < -0.3 is 20.5 Å². The van der Waals surface area contributed by atoms with Crippen molar-refractivity contribution in [3.63, 3.8) is 0 Å². The highest BCUT2D eigenvalue weighted by Crippen LogP contribution is 2.29. The van der Waals surface area contributed by atoms with Crippen molar-refractivity contribution < 1.29 is 9.47 Å². The Kier molecular flexibility index (Phi) is 10.2. The molecule has 0 unspecified atom stereocenters. The van der Waals surface area contributed by atoms with Gasteiger partial charge in [-0.15, -0.1) is 24.0 Å². The van der Waals surface area contributed by atoms with E-state index in [2.05, 4.69) is 29.1 Å². The SMILES string of the molecule is CCOc1ccc(OCC)c(NC(N)=NCC(C)(C)N2CCCCC2)c1.I. The molecule has 1 aromatic carbocycles. The number of nitrogens with one attached hydrogen (secondary N) is 1. The van der Waals surface area contributed by atoms with Gasteiger partial charge in [-0.3, -0.25) is 9.89 Å². The average Bonchev–Trinajstić information content (AvgIpc) is 2.63. The number of anilines is 1. The van der Waals surface area contributed by atoms with Crippen molar-refractivity contribution in [3.8, 4) is 11.5 Å². The van der Waals surface area contributed by atoms with Crippen LogP contribution in [0.1, 0.15) is 47.0 Å². The van der Waals surface area contributed by atoms with Gasteiger partial charge in [0.1, 0.15) is 11.5 Å². The molecule has 0 amide bonds. The Morgan fingerprint density at radius 2 is 1.81 bits per heavy atom. The molecule has 1 saturated heterocycles. The predicted molar refractivity (Wildman–Crippen MR) is 124 cm³/mol. The van der Waals surface area contributed by atoms with Crippen LogP contribution in [0.5, 0.6) is 11.5 Å². The molecule has 0 spiro atoms. The molecule has 1 aromatic rings. The highest BCUT2D eigenvalue weighted by Gasteiger charge is 2.27. The first-order valence-corrected chi connectivity index (χ1v) is 9.68. The van der Waals surface area contributed by atoms with Gasteiger partial charge in [0, 0.05) is 11.6 Å². The number of guanidine groups is 1. The summed E-state index contributed by atoms with van der Waals surface area (Å²) < 4.78 is 11.2. The van der Waals surface area contributed by atoms with Gasteiger partial charge in [0.15, 0.2) is 5.96 Å². The molecule has 2 rings (SSSR count). The number of nitrogens with zero attached hydrogens (tertiary/aromatic N) is 2. The number of likely N-dealkylation sites (tertiary alicyclic amines) is 1. The van der Waals surface area contributed by atoms with Gasteiger partial charge in [0.05, 0.1) is 25.4 Å². The second-order valence-electron chi connectivity index (χ2n) is 7.21. The number of nitrogens with two attached hydrogens (primary N) is 1. The summed E-state index contributed by atoms with van der Waals surface area (Å²) in [6, 6.07) is 5.68. The first kappa shape index (κ1) is 23.8. The topological polar surface area (TPSA) is 72.1 Å². The van der Waals surface area contributed by atoms with Crippen LogP contribution in [0.2, 0.25) is 0 Å². The standard InChI is InChI=1S/C20H34N4O2.HI/c1-5-25-16-10-11-18(26-6-2)17(14-16)23-19(21)22-15-20(3,4)24-12-8-7-9-13-24;/h10-11,14H,5-9,12-13,15H2,1-4H3,(H3,21,22,23);1H. The number of rotatable bonds is 8. The third kappa shape index (κ3) is 7.37. The van der Waals surface area contributed by atoms with E-state index >= 15 is 0 Å². The molecule has 7 heteroatoms. The minimum absolute atomic E-state index is 0. The summed E-state index contributed by atoms with van der Waals surface area (Å²) in [5.74, 6) is 1.91. The van der Waals surface area contributed by atoms with E-state index < -0.39 is 0 Å². The summed E-state index contributed by atoms with van der Waals surface area (Å²) in [6.07, 6.45) is 3.86. The van der Waals surface area contributed by atoms with Crippen molar-refractivity contribution >= 4 is 35.6 Å². The maximum Gasteiger partial charge on any atom is 0.193 e. The molecule has 0 bridgehead atoms. The largest absolute Gasteiger partial charge is 0.494 e. The average molecular weight is 490 g/mol. The first-order chi connectivity index (χ1) is 12.5. The van der Waals surface area contributed by atoms with Crippen LogP contribution in [-0.4, -0.2) is 49.2 Å². The van der Waals surface area contributed by atoms with Crippen molar-refractivity contribution in [2.24, 2.45) is 10.7 Å². The Morgan fingerprint density at radius 3 is 2.44 bits per heavy atom. The van der Waals surface area contributed by atoms with E-state index in [-0.39, 0.29) is 29.5 Å². The molecule has 1 aliphatic rings. The Balaban J connectivity index is 0.00000364. The number of benzene rings is 1. The monoisotopic (exact) mass is 490 g/mol. The molecule has 0 aromatic heterocycles. The lowest BCUT2D eigenvalue weighted by atomic mass is 9.99. The molecule has 1 fully saturated rings. The highest BCUT2D eigenvalue weighted by atomic mass is 127. The summed E-state index contributed by atoms with van der Waals surface area (Å²) in [4.78, 5) is 7.10. The lowest BCUT2D eigenvalue weighted by molar-refractivity contribution is 0.102. The third-order valence-corrected chi connectivity index (χ3v) is 4.67. The second-order valence-corrected chi connectivity index (χ2v) is 7.21. The zero-order chi connectivity index (χ0) is 19.0. The van der Waals surface area contributed by atoms with Crippen LogP contribution in [-0.2, 0) is 0 Å². The van der Waals surface area contributed by atoms with Crippen molar-refractivity contribution in [3.05, 3.63) is 18.2 Å². The Morgan fingerprint density at radius 1 is 1.15 bits per heavy atom. The quantitative estimate of drug-likeness (QED) is 0.326. The molecule has 0 aliphatic carbocycles. The van der Waals surface area contributed by atoms with E-state index in [1.54, 1.807) is 0 Å². The number of ether oxygens (including phenoxy) is 2. The van der Waals surface area contributed by atoms with E-state index in [0.717, 1.165) is 30.3 Å². The summed E-state index contributed by atoms with van der Waals surface area (Å²) in [5.41, 5.74) is 6.93. The van der Waals surface area contributed by atoms with Crippen LogP contribution < -0.4 is 20.5 Å². The van der Waals surface area contributed by atoms with Crippen LogP contribution in [0.25, 0.3) is 0 Å². The summed E-state index contributed by atoms with van der Waals surface area (Å²) in [5, 5.41) is 3.17. The van der Waals surface area contributed by atoms with E-state index in [4.69, 9.17) is 15.2 Å². The van der Waals surface area contributed by atoms with Gasteiger partial charge in [-0.25, -0.2) is 0 Å². The van der Waals surface area contributed by atoms with E-state index in [1.165, 1.54) is 19.3 Å². The lowest BCUT2D eigenvalue weighted by Crippen LogP contribution is -2.49. The molecule has 1 aliphatic heterocycles. The number of piperidine rings is 1. The van der Waals surface area contributed by atoms with E-state index in [0.29, 0.717) is 25.7 Å². The minimum Gasteiger partial charge on any atom is -0.494 e. The summed E-state index contributed by atoms with van der Waals surface area (Å²) in [6.45, 7) is 12.5. The third-order valence-electron chi connectivity index (χ3n) is 4.67. The molecule has 3 N–H and O–H groups in total. The van der Waals surface area contributed by atoms with E-state index in [1.807, 2.05) is 32.0 Å². The second kappa shape index (κ2) is 11.6. The zero-order valence-electron chi connectivity index (χ0n) is 17.1. The maximum absolute atomic E-state index is 6.16. The molecule has 27 heavy (non-hydrogen) atoms. The van der Waals surface area contributed by atoms with Gasteiger partial charge in [-0.2, -0.15) is 0 Å². The van der Waals surface area contributed by atoms with Gasteiger partial charge in [-0.05, 0) is 65.8 Å². The fraction of sp³-hybridized carbons (Fsp3) is 0.650. The normalized spacial score (nSPS) is 15.8. The van der Waals surface area contributed by atoms with Crippen molar-refractivity contribution in [1.82, 2.24) is 4.90 Å². The maximum atomic E-state index is 6.16. The van der Waals surface area contributed by atoms with E-state index in [9.17, 15) is 0 Å². The number of aliphatic imine (C=N–C) groups is 1. The molecule has 0 saturated carbocycles. The zero-order valence-corrected chi connectivity index (χ0v) is 19.4. The van der Waals surface area contributed by atoms with Crippen molar-refractivity contribution in [1.29, 1.82) is 0 Å². The molecule has 0 atom stereocenters. The Hall–Kier alpha value is -1.22. The van der Waals surface area contributed by atoms with Crippen LogP contribution in [0.3, 0.4) is 0 Å². The molecule has 0 radical (unpaired) electrons. The lowest BCUT2D eigenvalue weighted by Gasteiger charge is -2.40. The van der Waals surface area contributed by atoms with Gasteiger partial charge in [-0.1, -0.05) is 6.42 Å². The summed E-state index contributed by atoms with van der Waals surface area (Å²) in [7, 11) is 0. The number of hydrogen-bond acceptors (Lipinski definition) is 4. The van der Waals surface area contributed by atoms with Crippen LogP contribution in [0.15, 0.2) is 23.2 Å². The molecule has 154 valence electrons. The molecular weight excluding hydrogens is 455 g/mol. The Labute approximate surface area is 180 Å². The summed E-state index contributed by atoms with van der Waals surface area (Å²) >= 11 is 0. The fourth-order valence-corrected chi connectivity index (χ4v) is 3.20. The number of hydrogen-bond donors (Lipinski definition) is 2. The van der Waals surface area contributed by atoms with Crippen LogP contribution >= 0.6 is 24.0 Å². The molecular formula is C20H35IN4O2. The van der Waals surface area contributed by atoms with Gasteiger partial charge in [0.25, 0.3) is 0 Å². The Bertz CT molecular complexity index is 602. The minimum atomic E-state index is 0. The van der Waals surface area contributed by atoms with Crippen LogP contribution in [0, 0.1) is 0 Å². The number of halogens is 1. The smallest absolute Gasteiger partial charge is 0.193 e. The van der Waals surface area contributed by atoms with Crippen molar-refractivity contribution in [2.45, 2.75) is 52.5 Å². The molecule has 1 heterocycles. The fourth-order valence-electron chi connectivity index (χ4n) is 3.20.